The molecular formula is C16H17NO4. The Kier molecular flexibility index (Phi) is 4.66. The van der Waals surface area contributed by atoms with Crippen LogP contribution in [0.4, 0.5) is 0 Å². The fourth-order valence-electron chi connectivity index (χ4n) is 1.92. The van der Waals surface area contributed by atoms with Crippen LogP contribution in [0.15, 0.2) is 42.5 Å². The van der Waals surface area contributed by atoms with E-state index in [0.717, 1.165) is 11.3 Å². The second-order valence-electron chi connectivity index (χ2n) is 4.56. The monoisotopic (exact) mass is 287 g/mol. The second kappa shape index (κ2) is 6.65. The number of aromatic hydroxyl groups is 2. The van der Waals surface area contributed by atoms with Gasteiger partial charge in [0.15, 0.2) is 11.5 Å². The maximum Gasteiger partial charge on any atom is 0.251 e. The SMILES string of the molecule is COc1cccc(CCNC(=O)c2ccc(O)c(O)c2)c1. The van der Waals surface area contributed by atoms with Crippen molar-refractivity contribution in [2.24, 2.45) is 0 Å². The van der Waals surface area contributed by atoms with Gasteiger partial charge in [-0.25, -0.2) is 0 Å². The van der Waals surface area contributed by atoms with Gasteiger partial charge in [0, 0.05) is 12.1 Å². The summed E-state index contributed by atoms with van der Waals surface area (Å²) in [5.41, 5.74) is 1.36. The molecular weight excluding hydrogens is 270 g/mol. The standard InChI is InChI=1S/C16H17NO4/c1-21-13-4-2-3-11(9-13)7-8-17-16(20)12-5-6-14(18)15(19)10-12/h2-6,9-10,18-19H,7-8H2,1H3,(H,17,20). The largest absolute Gasteiger partial charge is 0.504 e. The lowest BCUT2D eigenvalue weighted by atomic mass is 10.1. The van der Waals surface area contributed by atoms with E-state index in [-0.39, 0.29) is 17.4 Å². The highest BCUT2D eigenvalue weighted by atomic mass is 16.5. The quantitative estimate of drug-likeness (QED) is 0.736. The molecule has 0 aliphatic rings. The van der Waals surface area contributed by atoms with Crippen LogP contribution >= 0.6 is 0 Å². The summed E-state index contributed by atoms with van der Waals surface area (Å²) >= 11 is 0. The Morgan fingerprint density at radius 2 is 1.95 bits per heavy atom. The van der Waals surface area contributed by atoms with Crippen molar-refractivity contribution in [2.75, 3.05) is 13.7 Å². The van der Waals surface area contributed by atoms with E-state index in [1.165, 1.54) is 18.2 Å². The van der Waals surface area contributed by atoms with Crippen molar-refractivity contribution in [3.05, 3.63) is 53.6 Å². The number of nitrogens with one attached hydrogen (secondary N) is 1. The third kappa shape index (κ3) is 3.89. The average Bonchev–Trinajstić information content (AvgIpc) is 2.50. The lowest BCUT2D eigenvalue weighted by Crippen LogP contribution is -2.25. The molecule has 0 saturated heterocycles. The van der Waals surface area contributed by atoms with Crippen molar-refractivity contribution < 1.29 is 19.7 Å². The van der Waals surface area contributed by atoms with Gasteiger partial charge in [-0.3, -0.25) is 4.79 Å². The van der Waals surface area contributed by atoms with Crippen LogP contribution in [0, 0.1) is 0 Å². The van der Waals surface area contributed by atoms with E-state index in [9.17, 15) is 15.0 Å². The van der Waals surface area contributed by atoms with Gasteiger partial charge in [-0.2, -0.15) is 0 Å². The van der Waals surface area contributed by atoms with Crippen LogP contribution in [0.2, 0.25) is 0 Å². The van der Waals surface area contributed by atoms with Gasteiger partial charge in [0.05, 0.1) is 7.11 Å². The molecule has 0 saturated carbocycles. The summed E-state index contributed by atoms with van der Waals surface area (Å²) in [6, 6.07) is 11.6. The molecule has 0 aliphatic carbocycles. The Morgan fingerprint density at radius 3 is 2.67 bits per heavy atom. The number of carbonyl (C=O) groups excluding carboxylic acids is 1. The van der Waals surface area contributed by atoms with Gasteiger partial charge >= 0.3 is 0 Å². The highest BCUT2D eigenvalue weighted by Gasteiger charge is 2.08. The summed E-state index contributed by atoms with van der Waals surface area (Å²) in [5, 5.41) is 21.3. The molecule has 3 N–H and O–H groups in total. The number of methoxy groups -OCH3 is 1. The number of phenols is 2. The van der Waals surface area contributed by atoms with E-state index in [2.05, 4.69) is 5.32 Å². The number of hydrogen-bond donors (Lipinski definition) is 3. The van der Waals surface area contributed by atoms with Crippen molar-refractivity contribution >= 4 is 5.91 Å². The van der Waals surface area contributed by atoms with Crippen molar-refractivity contribution in [1.82, 2.24) is 5.32 Å². The first kappa shape index (κ1) is 14.7. The number of amides is 1. The van der Waals surface area contributed by atoms with Crippen molar-refractivity contribution in [3.63, 3.8) is 0 Å². The number of rotatable bonds is 5. The van der Waals surface area contributed by atoms with Crippen LogP contribution in [0.5, 0.6) is 17.2 Å². The summed E-state index contributed by atoms with van der Waals surface area (Å²) in [4.78, 5) is 11.9. The van der Waals surface area contributed by atoms with Crippen LogP contribution in [0.25, 0.3) is 0 Å². The van der Waals surface area contributed by atoms with Crippen LogP contribution in [0.3, 0.4) is 0 Å². The molecule has 21 heavy (non-hydrogen) atoms. The van der Waals surface area contributed by atoms with Gasteiger partial charge in [-0.05, 0) is 42.3 Å². The zero-order valence-corrected chi connectivity index (χ0v) is 11.7. The van der Waals surface area contributed by atoms with Gasteiger partial charge in [0.25, 0.3) is 5.91 Å². The Balaban J connectivity index is 1.90. The molecule has 2 aromatic rings. The van der Waals surface area contributed by atoms with Gasteiger partial charge in [0.2, 0.25) is 0 Å². The van der Waals surface area contributed by atoms with Crippen LogP contribution in [-0.4, -0.2) is 29.8 Å². The van der Waals surface area contributed by atoms with Gasteiger partial charge in [0.1, 0.15) is 5.75 Å². The van der Waals surface area contributed by atoms with Crippen LogP contribution in [-0.2, 0) is 6.42 Å². The van der Waals surface area contributed by atoms with Crippen LogP contribution in [0.1, 0.15) is 15.9 Å². The number of phenolic OH excluding ortho intramolecular Hbond substituents is 2. The molecule has 0 unspecified atom stereocenters. The molecule has 5 nitrogen and oxygen atoms in total. The smallest absolute Gasteiger partial charge is 0.251 e. The van der Waals surface area contributed by atoms with Crippen molar-refractivity contribution in [2.45, 2.75) is 6.42 Å². The van der Waals surface area contributed by atoms with Crippen molar-refractivity contribution in [1.29, 1.82) is 0 Å². The average molecular weight is 287 g/mol. The summed E-state index contributed by atoms with van der Waals surface area (Å²) in [7, 11) is 1.61. The third-order valence-corrected chi connectivity index (χ3v) is 3.07. The predicted octanol–water partition coefficient (Wildman–Crippen LogP) is 2.08. The Hall–Kier alpha value is -2.69. The third-order valence-electron chi connectivity index (χ3n) is 3.07. The zero-order valence-electron chi connectivity index (χ0n) is 11.7. The first-order valence-corrected chi connectivity index (χ1v) is 6.53. The molecule has 0 atom stereocenters. The lowest BCUT2D eigenvalue weighted by Gasteiger charge is -2.07. The van der Waals surface area contributed by atoms with E-state index < -0.39 is 0 Å². The number of carbonyl (C=O) groups is 1. The maximum absolute atomic E-state index is 11.9. The van der Waals surface area contributed by atoms with E-state index in [0.29, 0.717) is 18.5 Å². The number of ether oxygens (including phenoxy) is 1. The molecule has 2 rings (SSSR count). The molecule has 5 heteroatoms. The van der Waals surface area contributed by atoms with Crippen LogP contribution < -0.4 is 10.1 Å². The maximum atomic E-state index is 11.9. The summed E-state index contributed by atoms with van der Waals surface area (Å²) < 4.78 is 5.14. The Bertz CT molecular complexity index is 640. The molecule has 0 fully saturated rings. The Labute approximate surface area is 122 Å². The minimum Gasteiger partial charge on any atom is -0.504 e. The highest BCUT2D eigenvalue weighted by Crippen LogP contribution is 2.24. The summed E-state index contributed by atoms with van der Waals surface area (Å²) in [5.74, 6) is -0.0751. The summed E-state index contributed by atoms with van der Waals surface area (Å²) in [6.07, 6.45) is 0.674. The fraction of sp³-hybridized carbons (Fsp3) is 0.188. The summed E-state index contributed by atoms with van der Waals surface area (Å²) in [6.45, 7) is 0.466. The predicted molar refractivity (Wildman–Crippen MR) is 78.8 cm³/mol. The van der Waals surface area contributed by atoms with Gasteiger partial charge < -0.3 is 20.3 Å². The van der Waals surface area contributed by atoms with E-state index in [4.69, 9.17) is 4.74 Å². The normalized spacial score (nSPS) is 10.1. The van der Waals surface area contributed by atoms with E-state index in [1.54, 1.807) is 7.11 Å². The highest BCUT2D eigenvalue weighted by molar-refractivity contribution is 5.94. The fourth-order valence-corrected chi connectivity index (χ4v) is 1.92. The first-order chi connectivity index (χ1) is 10.1. The Morgan fingerprint density at radius 1 is 1.14 bits per heavy atom. The van der Waals surface area contributed by atoms with Gasteiger partial charge in [-0.15, -0.1) is 0 Å². The molecule has 0 radical (unpaired) electrons. The van der Waals surface area contributed by atoms with Gasteiger partial charge in [-0.1, -0.05) is 12.1 Å². The van der Waals surface area contributed by atoms with E-state index in [1.807, 2.05) is 24.3 Å². The molecule has 0 aromatic heterocycles. The molecule has 0 heterocycles. The number of benzene rings is 2. The minimum atomic E-state index is -0.310. The van der Waals surface area contributed by atoms with Crippen molar-refractivity contribution in [3.8, 4) is 17.2 Å². The van der Waals surface area contributed by atoms with E-state index >= 15 is 0 Å². The topological polar surface area (TPSA) is 78.8 Å². The molecule has 0 aliphatic heterocycles. The minimum absolute atomic E-state index is 0.247. The molecule has 0 bridgehead atoms. The zero-order chi connectivity index (χ0) is 15.2. The molecule has 110 valence electrons. The second-order valence-corrected chi connectivity index (χ2v) is 4.56. The molecule has 2 aromatic carbocycles. The molecule has 0 spiro atoms. The lowest BCUT2D eigenvalue weighted by molar-refractivity contribution is 0.0953. The molecule has 1 amide bonds. The first-order valence-electron chi connectivity index (χ1n) is 6.53. The number of hydrogen-bond acceptors (Lipinski definition) is 4.